The highest BCUT2D eigenvalue weighted by molar-refractivity contribution is 7.89. The first-order valence-corrected chi connectivity index (χ1v) is 11.7. The van der Waals surface area contributed by atoms with Crippen LogP contribution in [0.15, 0.2) is 47.4 Å². The lowest BCUT2D eigenvalue weighted by molar-refractivity contribution is -0.143. The number of esters is 1. The summed E-state index contributed by atoms with van der Waals surface area (Å²) in [6, 6.07) is 10.8. The maximum Gasteiger partial charge on any atom is 0.323 e. The Morgan fingerprint density at radius 2 is 1.88 bits per heavy atom. The maximum atomic E-state index is 13.4. The second-order valence-corrected chi connectivity index (χ2v) is 9.73. The molecule has 8 nitrogen and oxygen atoms in total. The Hall–Kier alpha value is -2.88. The highest BCUT2D eigenvalue weighted by Gasteiger charge is 2.46. The Morgan fingerprint density at radius 1 is 1.16 bits per heavy atom. The van der Waals surface area contributed by atoms with Crippen LogP contribution in [0.5, 0.6) is 0 Å². The first-order valence-electron chi connectivity index (χ1n) is 9.93. The van der Waals surface area contributed by atoms with E-state index in [1.165, 1.54) is 6.07 Å². The molecule has 0 saturated heterocycles. The number of hydrogen-bond donors (Lipinski definition) is 1. The fourth-order valence-electron chi connectivity index (χ4n) is 4.34. The molecule has 0 fully saturated rings. The molecule has 1 unspecified atom stereocenters. The molecule has 0 spiro atoms. The third-order valence-corrected chi connectivity index (χ3v) is 7.70. The number of ether oxygens (including phenoxy) is 1. The van der Waals surface area contributed by atoms with Gasteiger partial charge in [-0.25, -0.2) is 8.42 Å². The number of benzene rings is 2. The highest BCUT2D eigenvalue weighted by atomic mass is 35.5. The zero-order valence-electron chi connectivity index (χ0n) is 17.4. The lowest BCUT2D eigenvalue weighted by atomic mass is 9.96. The number of carbonyl (C=O) groups excluding carboxylic acids is 1. The van der Waals surface area contributed by atoms with Crippen molar-refractivity contribution in [2.45, 2.75) is 31.3 Å². The summed E-state index contributed by atoms with van der Waals surface area (Å²) in [6.07, 6.45) is 0. The molecule has 10 heteroatoms. The van der Waals surface area contributed by atoms with Gasteiger partial charge in [0, 0.05) is 27.2 Å². The van der Waals surface area contributed by atoms with Crippen molar-refractivity contribution in [1.29, 1.82) is 0 Å². The van der Waals surface area contributed by atoms with Crippen LogP contribution in [0.3, 0.4) is 0 Å². The summed E-state index contributed by atoms with van der Waals surface area (Å²) in [7, 11) is -3.99. The molecule has 3 aromatic rings. The minimum atomic E-state index is -3.99. The van der Waals surface area contributed by atoms with Gasteiger partial charge < -0.3 is 14.4 Å². The van der Waals surface area contributed by atoms with Gasteiger partial charge in [0.15, 0.2) is 0 Å². The topological polar surface area (TPSA) is 106 Å². The van der Waals surface area contributed by atoms with Crippen LogP contribution in [0.25, 0.3) is 10.9 Å². The molecular weight excluding hydrogens is 456 g/mol. The molecule has 2 aromatic carbocycles. The van der Waals surface area contributed by atoms with Crippen molar-refractivity contribution in [2.75, 3.05) is 13.2 Å². The number of carbonyl (C=O) groups is 2. The molecule has 2 heterocycles. The van der Waals surface area contributed by atoms with Crippen molar-refractivity contribution in [3.63, 3.8) is 0 Å². The quantitative estimate of drug-likeness (QED) is 0.547. The van der Waals surface area contributed by atoms with E-state index >= 15 is 0 Å². The lowest BCUT2D eigenvalue weighted by Gasteiger charge is -2.23. The number of fused-ring (bicyclic) bond motifs is 2. The van der Waals surface area contributed by atoms with Crippen LogP contribution in [0.2, 0.25) is 5.02 Å². The largest absolute Gasteiger partial charge is 0.480 e. The molecule has 0 radical (unpaired) electrons. The van der Waals surface area contributed by atoms with Gasteiger partial charge in [0.05, 0.1) is 17.5 Å². The maximum absolute atomic E-state index is 13.4. The van der Waals surface area contributed by atoms with Gasteiger partial charge in [-0.3, -0.25) is 9.59 Å². The van der Waals surface area contributed by atoms with Crippen molar-refractivity contribution in [2.24, 2.45) is 0 Å². The molecule has 1 aromatic heterocycles. The van der Waals surface area contributed by atoms with E-state index < -0.39 is 34.5 Å². The summed E-state index contributed by atoms with van der Waals surface area (Å²) in [6.45, 7) is 2.73. The van der Waals surface area contributed by atoms with E-state index in [1.54, 1.807) is 54.8 Å². The molecule has 4 rings (SSSR count). The smallest absolute Gasteiger partial charge is 0.323 e. The predicted octanol–water partition coefficient (Wildman–Crippen LogP) is 3.34. The van der Waals surface area contributed by atoms with Gasteiger partial charge in [0.25, 0.3) is 0 Å². The Balaban J connectivity index is 2.01. The summed E-state index contributed by atoms with van der Waals surface area (Å²) >= 11 is 6.25. The first-order chi connectivity index (χ1) is 15.2. The number of carboxylic acids is 1. The molecule has 1 aliphatic rings. The number of nitrogens with zero attached hydrogens (tertiary/aromatic N) is 2. The van der Waals surface area contributed by atoms with E-state index in [9.17, 15) is 23.1 Å². The summed E-state index contributed by atoms with van der Waals surface area (Å²) in [5, 5.41) is 10.5. The number of rotatable bonds is 6. The first kappa shape index (κ1) is 22.3. The molecule has 0 bridgehead atoms. The molecule has 0 aliphatic carbocycles. The van der Waals surface area contributed by atoms with Crippen molar-refractivity contribution in [3.8, 4) is 0 Å². The lowest BCUT2D eigenvalue weighted by Crippen LogP contribution is -2.35. The normalized spacial score (nSPS) is 17.4. The van der Waals surface area contributed by atoms with Crippen molar-refractivity contribution in [1.82, 2.24) is 8.87 Å². The summed E-state index contributed by atoms with van der Waals surface area (Å²) < 4.78 is 34.5. The number of aliphatic carboxylic acids is 1. The average molecular weight is 477 g/mol. The fraction of sp³-hybridized carbons (Fsp3) is 0.273. The Labute approximate surface area is 190 Å². The zero-order chi connectivity index (χ0) is 23.2. The SMILES string of the molecule is CCOC(=O)CN1C(c2c(C)n(CC(=O)O)c3ccc(Cl)cc23)c2ccccc2S1(=O)=O. The van der Waals surface area contributed by atoms with Crippen LogP contribution in [-0.4, -0.2) is 47.5 Å². The van der Waals surface area contributed by atoms with Crippen LogP contribution < -0.4 is 0 Å². The number of hydrogen-bond acceptors (Lipinski definition) is 5. The van der Waals surface area contributed by atoms with Crippen molar-refractivity contribution in [3.05, 3.63) is 64.3 Å². The molecular formula is C22H21ClN2O6S. The van der Waals surface area contributed by atoms with Gasteiger partial charge in [0.2, 0.25) is 10.0 Å². The Bertz CT molecular complexity index is 1350. The van der Waals surface area contributed by atoms with E-state index in [1.807, 2.05) is 0 Å². The van der Waals surface area contributed by atoms with E-state index in [0.29, 0.717) is 32.7 Å². The number of aromatic nitrogens is 1. The van der Waals surface area contributed by atoms with E-state index in [2.05, 4.69) is 0 Å². The second-order valence-electron chi connectivity index (χ2n) is 7.44. The highest BCUT2D eigenvalue weighted by Crippen LogP contribution is 2.47. The second kappa shape index (κ2) is 8.23. The van der Waals surface area contributed by atoms with Crippen molar-refractivity contribution < 1.29 is 27.9 Å². The molecule has 1 aliphatic heterocycles. The number of sulfonamides is 1. The van der Waals surface area contributed by atoms with Gasteiger partial charge in [0.1, 0.15) is 13.1 Å². The third-order valence-electron chi connectivity index (χ3n) is 5.58. The number of carboxylic acid groups (broad SMARTS) is 1. The van der Waals surface area contributed by atoms with Crippen LogP contribution in [-0.2, 0) is 30.9 Å². The monoisotopic (exact) mass is 476 g/mol. The summed E-state index contributed by atoms with van der Waals surface area (Å²) in [5.74, 6) is -1.70. The van der Waals surface area contributed by atoms with Crippen LogP contribution in [0, 0.1) is 6.92 Å². The minimum absolute atomic E-state index is 0.106. The molecule has 0 saturated carbocycles. The Kier molecular flexibility index (Phi) is 5.74. The average Bonchev–Trinajstić information content (AvgIpc) is 3.10. The molecule has 1 atom stereocenters. The fourth-order valence-corrected chi connectivity index (χ4v) is 6.26. The van der Waals surface area contributed by atoms with Gasteiger partial charge in [-0.15, -0.1) is 0 Å². The molecule has 32 heavy (non-hydrogen) atoms. The van der Waals surface area contributed by atoms with Gasteiger partial charge >= 0.3 is 11.9 Å². The molecule has 168 valence electrons. The van der Waals surface area contributed by atoms with Crippen LogP contribution in [0.1, 0.15) is 29.8 Å². The molecule has 1 N–H and O–H groups in total. The van der Waals surface area contributed by atoms with Gasteiger partial charge in [-0.05, 0) is 43.7 Å². The minimum Gasteiger partial charge on any atom is -0.480 e. The molecule has 0 amide bonds. The van der Waals surface area contributed by atoms with E-state index in [4.69, 9.17) is 16.3 Å². The van der Waals surface area contributed by atoms with Gasteiger partial charge in [-0.1, -0.05) is 29.8 Å². The van der Waals surface area contributed by atoms with Gasteiger partial charge in [-0.2, -0.15) is 4.31 Å². The Morgan fingerprint density at radius 3 is 2.56 bits per heavy atom. The standard InChI is InChI=1S/C22H21ClN2O6S/c1-3-31-20(28)12-25-22(15-6-4-5-7-18(15)32(25,29)30)21-13(2)24(11-19(26)27)17-9-8-14(23)10-16(17)21/h4-10,22H,3,11-12H2,1-2H3,(H,26,27). The van der Waals surface area contributed by atoms with Crippen molar-refractivity contribution >= 4 is 44.5 Å². The van der Waals surface area contributed by atoms with Crippen LogP contribution >= 0.6 is 11.6 Å². The zero-order valence-corrected chi connectivity index (χ0v) is 19.0. The summed E-state index contributed by atoms with van der Waals surface area (Å²) in [5.41, 5.74) is 2.29. The summed E-state index contributed by atoms with van der Waals surface area (Å²) in [4.78, 5) is 24.0. The van der Waals surface area contributed by atoms with E-state index in [-0.39, 0.29) is 18.0 Å². The van der Waals surface area contributed by atoms with Crippen LogP contribution in [0.4, 0.5) is 0 Å². The predicted molar refractivity (Wildman–Crippen MR) is 118 cm³/mol. The number of halogens is 1. The third kappa shape index (κ3) is 3.56. The van der Waals surface area contributed by atoms with E-state index in [0.717, 1.165) is 4.31 Å².